The summed E-state index contributed by atoms with van der Waals surface area (Å²) in [5, 5.41) is 11.2. The second-order valence-electron chi connectivity index (χ2n) is 2.75. The van der Waals surface area contributed by atoms with Crippen LogP contribution in [-0.4, -0.2) is 17.4 Å². The van der Waals surface area contributed by atoms with Crippen molar-refractivity contribution in [1.82, 2.24) is 10.3 Å². The fraction of sp³-hybridized carbons (Fsp3) is 0.182. The van der Waals surface area contributed by atoms with Crippen molar-refractivity contribution in [3.63, 3.8) is 0 Å². The van der Waals surface area contributed by atoms with Gasteiger partial charge in [-0.05, 0) is 18.1 Å². The second-order valence-corrected chi connectivity index (χ2v) is 2.75. The minimum absolute atomic E-state index is 0.122. The van der Waals surface area contributed by atoms with Gasteiger partial charge in [-0.3, -0.25) is 4.79 Å². The van der Waals surface area contributed by atoms with Crippen molar-refractivity contribution in [2.45, 2.75) is 6.92 Å². The Morgan fingerprint density at radius 2 is 2.47 bits per heavy atom. The van der Waals surface area contributed by atoms with Crippen molar-refractivity contribution in [2.75, 3.05) is 6.54 Å². The SMILES string of the molecule is CC(=O)NCC#Cc1cc(C#N)ccn1. The van der Waals surface area contributed by atoms with E-state index in [1.807, 2.05) is 6.07 Å². The Morgan fingerprint density at radius 1 is 1.67 bits per heavy atom. The average Bonchev–Trinajstić information content (AvgIpc) is 2.24. The normalized spacial score (nSPS) is 8.27. The molecule has 0 aromatic carbocycles. The molecule has 0 atom stereocenters. The van der Waals surface area contributed by atoms with E-state index >= 15 is 0 Å². The van der Waals surface area contributed by atoms with Gasteiger partial charge in [0.2, 0.25) is 5.91 Å². The summed E-state index contributed by atoms with van der Waals surface area (Å²) >= 11 is 0. The smallest absolute Gasteiger partial charge is 0.217 e. The molecule has 1 heterocycles. The van der Waals surface area contributed by atoms with Crippen molar-refractivity contribution in [3.8, 4) is 17.9 Å². The molecule has 0 aliphatic rings. The zero-order valence-corrected chi connectivity index (χ0v) is 8.24. The molecule has 4 nitrogen and oxygen atoms in total. The monoisotopic (exact) mass is 199 g/mol. The third-order valence-corrected chi connectivity index (χ3v) is 1.53. The fourth-order valence-corrected chi connectivity index (χ4v) is 0.872. The van der Waals surface area contributed by atoms with E-state index in [4.69, 9.17) is 5.26 Å². The lowest BCUT2D eigenvalue weighted by molar-refractivity contribution is -0.118. The molecule has 1 amide bonds. The van der Waals surface area contributed by atoms with E-state index in [-0.39, 0.29) is 12.5 Å². The van der Waals surface area contributed by atoms with Crippen LogP contribution in [0.4, 0.5) is 0 Å². The van der Waals surface area contributed by atoms with Gasteiger partial charge in [0.05, 0.1) is 18.2 Å². The number of nitrogens with zero attached hydrogens (tertiary/aromatic N) is 2. The number of pyridine rings is 1. The van der Waals surface area contributed by atoms with Gasteiger partial charge in [-0.25, -0.2) is 4.98 Å². The number of aromatic nitrogens is 1. The molecule has 0 aliphatic heterocycles. The molecular weight excluding hydrogens is 190 g/mol. The van der Waals surface area contributed by atoms with Crippen LogP contribution >= 0.6 is 0 Å². The number of carbonyl (C=O) groups is 1. The summed E-state index contributed by atoms with van der Waals surface area (Å²) in [6.07, 6.45) is 1.53. The van der Waals surface area contributed by atoms with Crippen LogP contribution in [0, 0.1) is 23.2 Å². The quantitative estimate of drug-likeness (QED) is 0.667. The molecule has 0 radical (unpaired) electrons. The van der Waals surface area contributed by atoms with Crippen LogP contribution in [0.1, 0.15) is 18.2 Å². The number of nitrogens with one attached hydrogen (secondary N) is 1. The summed E-state index contributed by atoms with van der Waals surface area (Å²) in [5.74, 6) is 5.36. The van der Waals surface area contributed by atoms with Crippen LogP contribution in [-0.2, 0) is 4.79 Å². The molecule has 1 aromatic rings. The Balaban J connectivity index is 2.64. The molecule has 1 N–H and O–H groups in total. The van der Waals surface area contributed by atoms with Gasteiger partial charge in [-0.15, -0.1) is 0 Å². The first-order chi connectivity index (χ1) is 7.22. The molecule has 0 fully saturated rings. The van der Waals surface area contributed by atoms with Gasteiger partial charge in [-0.2, -0.15) is 5.26 Å². The lowest BCUT2D eigenvalue weighted by Crippen LogP contribution is -2.19. The number of carbonyl (C=O) groups excluding carboxylic acids is 1. The van der Waals surface area contributed by atoms with E-state index in [1.54, 1.807) is 12.1 Å². The molecule has 0 aliphatic carbocycles. The Labute approximate surface area is 87.9 Å². The van der Waals surface area contributed by atoms with E-state index in [1.165, 1.54) is 13.1 Å². The molecule has 0 spiro atoms. The maximum Gasteiger partial charge on any atom is 0.217 e. The predicted octanol–water partition coefficient (Wildman–Crippen LogP) is 0.441. The average molecular weight is 199 g/mol. The highest BCUT2D eigenvalue weighted by molar-refractivity contribution is 5.73. The van der Waals surface area contributed by atoms with Crippen molar-refractivity contribution >= 4 is 5.91 Å². The Morgan fingerprint density at radius 3 is 3.13 bits per heavy atom. The molecular formula is C11H9N3O. The minimum Gasteiger partial charge on any atom is -0.345 e. The number of nitriles is 1. The van der Waals surface area contributed by atoms with Crippen LogP contribution in [0.15, 0.2) is 18.3 Å². The maximum absolute atomic E-state index is 10.5. The van der Waals surface area contributed by atoms with Gasteiger partial charge in [0.1, 0.15) is 5.69 Å². The third kappa shape index (κ3) is 3.93. The molecule has 0 unspecified atom stereocenters. The molecule has 0 saturated heterocycles. The summed E-state index contributed by atoms with van der Waals surface area (Å²) < 4.78 is 0. The summed E-state index contributed by atoms with van der Waals surface area (Å²) in [7, 11) is 0. The number of hydrogen-bond donors (Lipinski definition) is 1. The molecule has 74 valence electrons. The molecule has 0 saturated carbocycles. The highest BCUT2D eigenvalue weighted by atomic mass is 16.1. The highest BCUT2D eigenvalue weighted by Crippen LogP contribution is 1.97. The number of amides is 1. The van der Waals surface area contributed by atoms with Crippen LogP contribution in [0.2, 0.25) is 0 Å². The van der Waals surface area contributed by atoms with Crippen LogP contribution < -0.4 is 5.32 Å². The van der Waals surface area contributed by atoms with Gasteiger partial charge in [0.25, 0.3) is 0 Å². The highest BCUT2D eigenvalue weighted by Gasteiger charge is 1.91. The van der Waals surface area contributed by atoms with Crippen LogP contribution in [0.3, 0.4) is 0 Å². The largest absolute Gasteiger partial charge is 0.345 e. The van der Waals surface area contributed by atoms with Gasteiger partial charge < -0.3 is 5.32 Å². The first-order valence-electron chi connectivity index (χ1n) is 4.32. The van der Waals surface area contributed by atoms with Crippen LogP contribution in [0.5, 0.6) is 0 Å². The predicted molar refractivity (Wildman–Crippen MR) is 54.5 cm³/mol. The summed E-state index contributed by atoms with van der Waals surface area (Å²) in [6.45, 7) is 1.71. The molecule has 1 rings (SSSR count). The topological polar surface area (TPSA) is 65.8 Å². The zero-order valence-electron chi connectivity index (χ0n) is 8.24. The summed E-state index contributed by atoms with van der Waals surface area (Å²) in [6, 6.07) is 5.21. The number of hydrogen-bond acceptors (Lipinski definition) is 3. The van der Waals surface area contributed by atoms with Gasteiger partial charge >= 0.3 is 0 Å². The number of rotatable bonds is 1. The van der Waals surface area contributed by atoms with Crippen LogP contribution in [0.25, 0.3) is 0 Å². The maximum atomic E-state index is 10.5. The zero-order chi connectivity index (χ0) is 11.1. The van der Waals surface area contributed by atoms with Gasteiger partial charge in [0, 0.05) is 13.1 Å². The molecule has 1 aromatic heterocycles. The van der Waals surface area contributed by atoms with Crippen molar-refractivity contribution in [1.29, 1.82) is 5.26 Å². The molecule has 15 heavy (non-hydrogen) atoms. The Kier molecular flexibility index (Phi) is 3.88. The minimum atomic E-state index is -0.122. The fourth-order valence-electron chi connectivity index (χ4n) is 0.872. The van der Waals surface area contributed by atoms with E-state index in [2.05, 4.69) is 22.1 Å². The lowest BCUT2D eigenvalue weighted by Gasteiger charge is -1.92. The first kappa shape index (κ1) is 10.7. The van der Waals surface area contributed by atoms with E-state index < -0.39 is 0 Å². The van der Waals surface area contributed by atoms with Crippen molar-refractivity contribution in [2.24, 2.45) is 0 Å². The lowest BCUT2D eigenvalue weighted by atomic mass is 10.2. The van der Waals surface area contributed by atoms with Gasteiger partial charge in [-0.1, -0.05) is 5.92 Å². The first-order valence-corrected chi connectivity index (χ1v) is 4.32. The standard InChI is InChI=1S/C11H9N3O/c1-9(15)13-5-2-3-11-7-10(8-12)4-6-14-11/h4,6-7H,5H2,1H3,(H,13,15). The second kappa shape index (κ2) is 5.41. The third-order valence-electron chi connectivity index (χ3n) is 1.53. The molecule has 0 bridgehead atoms. The molecule has 4 heteroatoms. The van der Waals surface area contributed by atoms with Gasteiger partial charge in [0.15, 0.2) is 0 Å². The summed E-state index contributed by atoms with van der Waals surface area (Å²) in [4.78, 5) is 14.5. The van der Waals surface area contributed by atoms with E-state index in [0.29, 0.717) is 11.3 Å². The van der Waals surface area contributed by atoms with E-state index in [0.717, 1.165) is 0 Å². The van der Waals surface area contributed by atoms with E-state index in [9.17, 15) is 4.79 Å². The Bertz CT molecular complexity index is 463. The Hall–Kier alpha value is -2.33. The van der Waals surface area contributed by atoms with Crippen molar-refractivity contribution in [3.05, 3.63) is 29.6 Å². The van der Waals surface area contributed by atoms with Crippen molar-refractivity contribution < 1.29 is 4.79 Å². The summed E-state index contributed by atoms with van der Waals surface area (Å²) in [5.41, 5.74) is 1.05.